The van der Waals surface area contributed by atoms with Crippen molar-refractivity contribution in [3.63, 3.8) is 0 Å². The largest absolute Gasteiger partial charge is 0.347 e. The average Bonchev–Trinajstić information content (AvgIpc) is 3.63. The first-order valence-corrected chi connectivity index (χ1v) is 14.2. The summed E-state index contributed by atoms with van der Waals surface area (Å²) in [6.07, 6.45) is 12.4. The topological polar surface area (TPSA) is 73.5 Å². The van der Waals surface area contributed by atoms with Crippen LogP contribution in [0.2, 0.25) is 0 Å². The predicted molar refractivity (Wildman–Crippen MR) is 137 cm³/mol. The van der Waals surface area contributed by atoms with Crippen LogP contribution in [0.5, 0.6) is 0 Å². The van der Waals surface area contributed by atoms with Crippen LogP contribution >= 0.6 is 0 Å². The number of fused-ring (bicyclic) bond motifs is 1. The quantitative estimate of drug-likeness (QED) is 0.621. The lowest BCUT2D eigenvalue weighted by molar-refractivity contribution is -0.140. The zero-order valence-electron chi connectivity index (χ0n) is 21.1. The van der Waals surface area contributed by atoms with E-state index in [4.69, 9.17) is 0 Å². The van der Waals surface area contributed by atoms with Crippen molar-refractivity contribution in [3.8, 4) is 0 Å². The Labute approximate surface area is 210 Å². The molecule has 4 unspecified atom stereocenters. The highest BCUT2D eigenvalue weighted by atomic mass is 16.2. The maximum absolute atomic E-state index is 13.9. The Hall–Kier alpha value is -1.92. The van der Waals surface area contributed by atoms with E-state index in [1.165, 1.54) is 43.2 Å². The summed E-state index contributed by atoms with van der Waals surface area (Å²) in [5, 5.41) is 10.4. The molecule has 190 valence electrons. The fourth-order valence-electron chi connectivity index (χ4n) is 7.91. The van der Waals surface area contributed by atoms with E-state index < -0.39 is 0 Å². The molecule has 6 rings (SSSR count). The molecule has 1 saturated carbocycles. The molecule has 0 aromatic heterocycles. The van der Waals surface area contributed by atoms with Crippen LogP contribution in [0.15, 0.2) is 24.3 Å². The highest BCUT2D eigenvalue weighted by Gasteiger charge is 2.48. The van der Waals surface area contributed by atoms with E-state index in [2.05, 4.69) is 40.2 Å². The number of benzene rings is 1. The van der Waals surface area contributed by atoms with E-state index >= 15 is 0 Å². The first-order chi connectivity index (χ1) is 17.1. The minimum Gasteiger partial charge on any atom is -0.347 e. The van der Waals surface area contributed by atoms with E-state index in [0.29, 0.717) is 11.8 Å². The van der Waals surface area contributed by atoms with Gasteiger partial charge in [0, 0.05) is 13.1 Å². The van der Waals surface area contributed by atoms with Gasteiger partial charge in [-0.3, -0.25) is 9.59 Å². The van der Waals surface area contributed by atoms with Gasteiger partial charge in [0.25, 0.3) is 0 Å². The molecule has 3 aliphatic heterocycles. The zero-order valence-corrected chi connectivity index (χ0v) is 21.1. The van der Waals surface area contributed by atoms with Crippen LogP contribution in [0.25, 0.3) is 0 Å². The molecule has 3 heterocycles. The van der Waals surface area contributed by atoms with Gasteiger partial charge < -0.3 is 20.9 Å². The third-order valence-corrected chi connectivity index (χ3v) is 10.0. The van der Waals surface area contributed by atoms with Crippen molar-refractivity contribution in [2.45, 2.75) is 88.8 Å². The lowest BCUT2D eigenvalue weighted by Gasteiger charge is -2.33. The molecule has 5 aliphatic rings. The van der Waals surface area contributed by atoms with Gasteiger partial charge in [0.05, 0.1) is 12.1 Å². The first kappa shape index (κ1) is 23.5. The molecular weight excluding hydrogens is 436 g/mol. The first-order valence-electron chi connectivity index (χ1n) is 14.2. The SMILES string of the molecule is O=C(NC1CCc2ccccc21)C1CC(C2CCCCC2)CN1C(=O)C1CC2(CCNCC2)CN1. The molecule has 0 radical (unpaired) electrons. The zero-order chi connectivity index (χ0) is 23.8. The molecule has 3 saturated heterocycles. The second-order valence-electron chi connectivity index (χ2n) is 12.1. The second kappa shape index (κ2) is 9.85. The van der Waals surface area contributed by atoms with Gasteiger partial charge in [0.1, 0.15) is 6.04 Å². The summed E-state index contributed by atoms with van der Waals surface area (Å²) < 4.78 is 0. The van der Waals surface area contributed by atoms with E-state index in [0.717, 1.165) is 64.7 Å². The normalized spacial score (nSPS) is 32.6. The van der Waals surface area contributed by atoms with Crippen LogP contribution in [-0.4, -0.2) is 55.0 Å². The van der Waals surface area contributed by atoms with Crippen molar-refractivity contribution in [3.05, 3.63) is 35.4 Å². The highest BCUT2D eigenvalue weighted by Crippen LogP contribution is 2.41. The van der Waals surface area contributed by atoms with Crippen LogP contribution in [0.4, 0.5) is 0 Å². The van der Waals surface area contributed by atoms with E-state index in [9.17, 15) is 9.59 Å². The van der Waals surface area contributed by atoms with E-state index in [-0.39, 0.29) is 35.4 Å². The van der Waals surface area contributed by atoms with Gasteiger partial charge >= 0.3 is 0 Å². The molecule has 35 heavy (non-hydrogen) atoms. The molecule has 6 nitrogen and oxygen atoms in total. The van der Waals surface area contributed by atoms with Gasteiger partial charge in [0.15, 0.2) is 0 Å². The lowest BCUT2D eigenvalue weighted by Crippen LogP contribution is -2.51. The van der Waals surface area contributed by atoms with Crippen molar-refractivity contribution in [2.24, 2.45) is 17.3 Å². The summed E-state index contributed by atoms with van der Waals surface area (Å²) >= 11 is 0. The van der Waals surface area contributed by atoms with Gasteiger partial charge in [-0.05, 0) is 80.0 Å². The number of carbonyl (C=O) groups excluding carboxylic acids is 2. The number of nitrogens with one attached hydrogen (secondary N) is 3. The third-order valence-electron chi connectivity index (χ3n) is 10.0. The molecule has 1 spiro atoms. The number of hydrogen-bond acceptors (Lipinski definition) is 4. The molecule has 2 amide bonds. The van der Waals surface area contributed by atoms with Crippen LogP contribution in [0.1, 0.15) is 81.4 Å². The standard InChI is InChI=1S/C29H42N4O2/c34-27(32-24-11-10-21-8-4-5-9-23(21)24)26-16-22(20-6-2-1-3-7-20)18-33(26)28(35)25-17-29(19-31-25)12-14-30-15-13-29/h4-5,8-9,20,22,24-26,30-31H,1-3,6-7,10-19H2,(H,32,34). The fraction of sp³-hybridized carbons (Fsp3) is 0.724. The molecule has 1 aromatic carbocycles. The maximum Gasteiger partial charge on any atom is 0.243 e. The fourth-order valence-corrected chi connectivity index (χ4v) is 7.91. The number of aryl methyl sites for hydroxylation is 1. The van der Waals surface area contributed by atoms with E-state index in [1.54, 1.807) is 0 Å². The van der Waals surface area contributed by atoms with Crippen molar-refractivity contribution in [1.29, 1.82) is 0 Å². The van der Waals surface area contributed by atoms with Crippen molar-refractivity contribution in [2.75, 3.05) is 26.2 Å². The number of piperidine rings is 1. The Morgan fingerprint density at radius 2 is 1.80 bits per heavy atom. The summed E-state index contributed by atoms with van der Waals surface area (Å²) in [6.45, 7) is 3.78. The van der Waals surface area contributed by atoms with E-state index in [1.807, 2.05) is 4.90 Å². The van der Waals surface area contributed by atoms with Crippen LogP contribution in [0, 0.1) is 17.3 Å². The number of nitrogens with zero attached hydrogens (tertiary/aromatic N) is 1. The van der Waals surface area contributed by atoms with Crippen LogP contribution in [-0.2, 0) is 16.0 Å². The van der Waals surface area contributed by atoms with Gasteiger partial charge in [-0.25, -0.2) is 0 Å². The summed E-state index contributed by atoms with van der Waals surface area (Å²) in [4.78, 5) is 29.6. The van der Waals surface area contributed by atoms with Gasteiger partial charge in [-0.1, -0.05) is 56.4 Å². The summed E-state index contributed by atoms with van der Waals surface area (Å²) in [7, 11) is 0. The second-order valence-corrected chi connectivity index (χ2v) is 12.1. The molecule has 6 heteroatoms. The predicted octanol–water partition coefficient (Wildman–Crippen LogP) is 3.32. The smallest absolute Gasteiger partial charge is 0.243 e. The Kier molecular flexibility index (Phi) is 6.61. The van der Waals surface area contributed by atoms with Crippen LogP contribution < -0.4 is 16.0 Å². The Morgan fingerprint density at radius 3 is 2.63 bits per heavy atom. The maximum atomic E-state index is 13.9. The minimum absolute atomic E-state index is 0.0629. The molecular formula is C29H42N4O2. The summed E-state index contributed by atoms with van der Waals surface area (Å²) in [5.74, 6) is 1.36. The number of likely N-dealkylation sites (tertiary alicyclic amines) is 1. The minimum atomic E-state index is -0.325. The molecule has 3 N–H and O–H groups in total. The summed E-state index contributed by atoms with van der Waals surface area (Å²) in [5.41, 5.74) is 2.85. The van der Waals surface area contributed by atoms with Crippen molar-refractivity contribution >= 4 is 11.8 Å². The number of rotatable bonds is 4. The molecule has 1 aromatic rings. The van der Waals surface area contributed by atoms with Gasteiger partial charge in [-0.2, -0.15) is 0 Å². The Bertz CT molecular complexity index is 936. The number of amides is 2. The molecule has 4 fully saturated rings. The van der Waals surface area contributed by atoms with Gasteiger partial charge in [-0.15, -0.1) is 0 Å². The Morgan fingerprint density at radius 1 is 1.00 bits per heavy atom. The lowest BCUT2D eigenvalue weighted by atomic mass is 9.77. The molecule has 2 aliphatic carbocycles. The van der Waals surface area contributed by atoms with Crippen LogP contribution in [0.3, 0.4) is 0 Å². The van der Waals surface area contributed by atoms with Crippen molar-refractivity contribution in [1.82, 2.24) is 20.9 Å². The highest BCUT2D eigenvalue weighted by molar-refractivity contribution is 5.91. The average molecular weight is 479 g/mol. The van der Waals surface area contributed by atoms with Crippen molar-refractivity contribution < 1.29 is 9.59 Å². The monoisotopic (exact) mass is 478 g/mol. The summed E-state index contributed by atoms with van der Waals surface area (Å²) in [6, 6.07) is 8.08. The Balaban J connectivity index is 1.18. The third kappa shape index (κ3) is 4.64. The molecule has 0 bridgehead atoms. The number of hydrogen-bond donors (Lipinski definition) is 3. The van der Waals surface area contributed by atoms with Gasteiger partial charge in [0.2, 0.25) is 11.8 Å². The number of carbonyl (C=O) groups is 2. The molecule has 4 atom stereocenters.